The molecule has 6 heteroatoms. The van der Waals surface area contributed by atoms with E-state index in [9.17, 15) is 10.0 Å². The Labute approximate surface area is 147 Å². The monoisotopic (exact) mass is 344 g/mol. The number of rotatable bonds is 6. The molecule has 134 valence electrons. The van der Waals surface area contributed by atoms with Crippen LogP contribution in [0.4, 0.5) is 10.5 Å². The molecule has 0 aromatic heterocycles. The molecule has 0 saturated heterocycles. The fourth-order valence-electron chi connectivity index (χ4n) is 2.52. The summed E-state index contributed by atoms with van der Waals surface area (Å²) < 4.78 is 11.4. The molecule has 2 aromatic carbocycles. The van der Waals surface area contributed by atoms with Gasteiger partial charge in [0.15, 0.2) is 0 Å². The summed E-state index contributed by atoms with van der Waals surface area (Å²) in [4.78, 5) is 11.9. The Hall–Kier alpha value is -2.73. The minimum Gasteiger partial charge on any atom is -0.492 e. The molecule has 0 heterocycles. The third-order valence-corrected chi connectivity index (χ3v) is 3.71. The minimum atomic E-state index is -0.653. The Bertz CT molecular complexity index is 746. The van der Waals surface area contributed by atoms with E-state index < -0.39 is 6.03 Å². The van der Waals surface area contributed by atoms with Crippen molar-refractivity contribution in [2.45, 2.75) is 27.4 Å². The van der Waals surface area contributed by atoms with Crippen LogP contribution in [0, 0.1) is 13.8 Å². The number of aryl methyl sites for hydroxylation is 2. The van der Waals surface area contributed by atoms with Crippen molar-refractivity contribution in [3.63, 3.8) is 0 Å². The number of ether oxygens (including phenoxy) is 2. The van der Waals surface area contributed by atoms with E-state index in [-0.39, 0.29) is 12.3 Å². The molecule has 25 heavy (non-hydrogen) atoms. The zero-order valence-corrected chi connectivity index (χ0v) is 15.0. The smallest absolute Gasteiger partial charge is 0.345 e. The first-order valence-electron chi connectivity index (χ1n) is 8.13. The van der Waals surface area contributed by atoms with E-state index in [2.05, 4.69) is 5.32 Å². The van der Waals surface area contributed by atoms with E-state index in [0.29, 0.717) is 23.0 Å². The second-order valence-electron chi connectivity index (χ2n) is 5.62. The maximum absolute atomic E-state index is 11.9. The van der Waals surface area contributed by atoms with Crippen molar-refractivity contribution in [3.8, 4) is 11.5 Å². The van der Waals surface area contributed by atoms with Gasteiger partial charge < -0.3 is 14.8 Å². The molecule has 0 aliphatic rings. The largest absolute Gasteiger partial charge is 0.492 e. The zero-order chi connectivity index (χ0) is 18.4. The Morgan fingerprint density at radius 1 is 1.16 bits per heavy atom. The van der Waals surface area contributed by atoms with Gasteiger partial charge in [-0.1, -0.05) is 29.8 Å². The van der Waals surface area contributed by atoms with Gasteiger partial charge in [0.2, 0.25) is 0 Å². The molecule has 0 spiro atoms. The number of hydrogen-bond donors (Lipinski definition) is 2. The zero-order valence-electron chi connectivity index (χ0n) is 15.0. The van der Waals surface area contributed by atoms with Crippen LogP contribution in [0.5, 0.6) is 11.5 Å². The number of carbonyl (C=O) groups is 1. The molecular weight excluding hydrogens is 320 g/mol. The lowest BCUT2D eigenvalue weighted by atomic mass is 10.1. The van der Waals surface area contributed by atoms with E-state index in [4.69, 9.17) is 9.47 Å². The highest BCUT2D eigenvalue weighted by Gasteiger charge is 2.21. The van der Waals surface area contributed by atoms with Gasteiger partial charge in [0.1, 0.15) is 23.8 Å². The van der Waals surface area contributed by atoms with Gasteiger partial charge in [0, 0.05) is 12.6 Å². The first kappa shape index (κ1) is 18.6. The van der Waals surface area contributed by atoms with Crippen molar-refractivity contribution in [1.82, 2.24) is 5.32 Å². The van der Waals surface area contributed by atoms with E-state index in [1.807, 2.05) is 39.0 Å². The second-order valence-corrected chi connectivity index (χ2v) is 5.62. The predicted octanol–water partition coefficient (Wildman–Crippen LogP) is 3.82. The molecule has 6 nitrogen and oxygen atoms in total. The summed E-state index contributed by atoms with van der Waals surface area (Å²) in [6, 6.07) is 10.6. The maximum Gasteiger partial charge on any atom is 0.345 e. The highest BCUT2D eigenvalue weighted by Crippen LogP contribution is 2.33. The molecular formula is C19H24N2O4. The summed E-state index contributed by atoms with van der Waals surface area (Å²) in [6.07, 6.45) is 0. The summed E-state index contributed by atoms with van der Waals surface area (Å²) >= 11 is 0. The Kier molecular flexibility index (Phi) is 6.25. The first-order valence-corrected chi connectivity index (χ1v) is 8.13. The first-order chi connectivity index (χ1) is 12.0. The lowest BCUT2D eigenvalue weighted by molar-refractivity contribution is 0.203. The third kappa shape index (κ3) is 4.42. The highest BCUT2D eigenvalue weighted by atomic mass is 16.5. The van der Waals surface area contributed by atoms with E-state index in [1.54, 1.807) is 18.2 Å². The normalized spacial score (nSPS) is 10.3. The maximum atomic E-state index is 11.9. The highest BCUT2D eigenvalue weighted by molar-refractivity contribution is 5.92. The molecule has 2 rings (SSSR count). The van der Waals surface area contributed by atoms with Gasteiger partial charge in [-0.3, -0.25) is 5.21 Å². The summed E-state index contributed by atoms with van der Waals surface area (Å²) in [5, 5.41) is 13.2. The van der Waals surface area contributed by atoms with Crippen LogP contribution in [-0.2, 0) is 6.61 Å². The number of nitrogens with one attached hydrogen (secondary N) is 1. The van der Waals surface area contributed by atoms with Crippen LogP contribution in [0.1, 0.15) is 23.6 Å². The molecule has 0 aliphatic carbocycles. The number of para-hydroxylation sites is 1. The number of anilines is 1. The number of nitrogens with zero attached hydrogens (tertiary/aromatic N) is 1. The van der Waals surface area contributed by atoms with Crippen LogP contribution in [0.25, 0.3) is 0 Å². The Morgan fingerprint density at radius 3 is 2.56 bits per heavy atom. The van der Waals surface area contributed by atoms with E-state index in [1.165, 1.54) is 7.05 Å². The molecule has 2 N–H and O–H groups in total. The van der Waals surface area contributed by atoms with Crippen LogP contribution < -0.4 is 19.9 Å². The Balaban J connectivity index is 2.32. The van der Waals surface area contributed by atoms with Gasteiger partial charge in [-0.25, -0.2) is 4.79 Å². The molecule has 2 amide bonds. The predicted molar refractivity (Wildman–Crippen MR) is 96.6 cm³/mol. The van der Waals surface area contributed by atoms with Gasteiger partial charge >= 0.3 is 6.03 Å². The number of carbonyl (C=O) groups excluding carboxylic acids is 1. The number of urea groups is 1. The summed E-state index contributed by atoms with van der Waals surface area (Å²) in [6.45, 7) is 6.44. The van der Waals surface area contributed by atoms with Crippen LogP contribution in [-0.4, -0.2) is 24.9 Å². The van der Waals surface area contributed by atoms with Gasteiger partial charge in [0.25, 0.3) is 0 Å². The number of amides is 2. The van der Waals surface area contributed by atoms with Crippen molar-refractivity contribution in [2.24, 2.45) is 0 Å². The average Bonchev–Trinajstić information content (AvgIpc) is 2.60. The molecule has 0 unspecified atom stereocenters. The molecule has 0 bridgehead atoms. The molecule has 0 saturated carbocycles. The molecule has 0 atom stereocenters. The summed E-state index contributed by atoms with van der Waals surface area (Å²) in [5.74, 6) is 1.16. The molecule has 0 fully saturated rings. The van der Waals surface area contributed by atoms with Crippen molar-refractivity contribution in [2.75, 3.05) is 18.7 Å². The number of hydrogen-bond acceptors (Lipinski definition) is 4. The number of benzene rings is 2. The van der Waals surface area contributed by atoms with Crippen molar-refractivity contribution in [3.05, 3.63) is 53.1 Å². The number of hydroxylamine groups is 1. The minimum absolute atomic E-state index is 0.189. The van der Waals surface area contributed by atoms with Gasteiger partial charge in [0.05, 0.1) is 6.61 Å². The quantitative estimate of drug-likeness (QED) is 0.617. The molecule has 0 aliphatic heterocycles. The average molecular weight is 344 g/mol. The SMILES string of the molecule is CCOc1cccc(COc2ccc(C)cc2C)c1N(O)C(=O)NC. The lowest BCUT2D eigenvalue weighted by Crippen LogP contribution is -2.36. The van der Waals surface area contributed by atoms with Gasteiger partial charge in [-0.05, 0) is 38.5 Å². The van der Waals surface area contributed by atoms with Crippen LogP contribution >= 0.6 is 0 Å². The summed E-state index contributed by atoms with van der Waals surface area (Å²) in [7, 11) is 1.45. The topological polar surface area (TPSA) is 71.0 Å². The fourth-order valence-corrected chi connectivity index (χ4v) is 2.52. The van der Waals surface area contributed by atoms with Crippen molar-refractivity contribution in [1.29, 1.82) is 0 Å². The van der Waals surface area contributed by atoms with Gasteiger partial charge in [-0.15, -0.1) is 0 Å². The van der Waals surface area contributed by atoms with Crippen LogP contribution in [0.2, 0.25) is 0 Å². The van der Waals surface area contributed by atoms with Gasteiger partial charge in [-0.2, -0.15) is 5.06 Å². The van der Waals surface area contributed by atoms with Crippen LogP contribution in [0.3, 0.4) is 0 Å². The fraction of sp³-hybridized carbons (Fsp3) is 0.316. The second kappa shape index (κ2) is 8.39. The summed E-state index contributed by atoms with van der Waals surface area (Å²) in [5.41, 5.74) is 3.09. The lowest BCUT2D eigenvalue weighted by Gasteiger charge is -2.21. The van der Waals surface area contributed by atoms with E-state index >= 15 is 0 Å². The van der Waals surface area contributed by atoms with Crippen LogP contribution in [0.15, 0.2) is 36.4 Å². The van der Waals surface area contributed by atoms with Crippen molar-refractivity contribution < 1.29 is 19.5 Å². The Morgan fingerprint density at radius 2 is 1.92 bits per heavy atom. The van der Waals surface area contributed by atoms with E-state index in [0.717, 1.165) is 16.9 Å². The molecule has 2 aromatic rings. The standard InChI is InChI=1S/C19H24N2O4/c1-5-24-17-8-6-7-15(18(17)21(23)19(22)20-4)12-25-16-10-9-13(2)11-14(16)3/h6-11,23H,5,12H2,1-4H3,(H,20,22). The van der Waals surface area contributed by atoms with Crippen molar-refractivity contribution >= 4 is 11.7 Å². The molecule has 0 radical (unpaired) electrons. The third-order valence-electron chi connectivity index (χ3n) is 3.71.